The molecule has 0 saturated carbocycles. The highest BCUT2D eigenvalue weighted by atomic mass is 15.1. The largest absolute Gasteiger partial charge is 0.316 e. The smallest absolute Gasteiger partial charge is 0.00227 e. The van der Waals surface area contributed by atoms with Crippen molar-refractivity contribution in [2.24, 2.45) is 11.8 Å². The third-order valence-electron chi connectivity index (χ3n) is 4.65. The van der Waals surface area contributed by atoms with Gasteiger partial charge in [-0.25, -0.2) is 0 Å². The molecular formula is C18H30N2. The van der Waals surface area contributed by atoms with Crippen molar-refractivity contribution in [1.82, 2.24) is 10.2 Å². The first-order valence-electron chi connectivity index (χ1n) is 8.18. The molecule has 0 radical (unpaired) electrons. The Morgan fingerprint density at radius 2 is 2.00 bits per heavy atom. The van der Waals surface area contributed by atoms with Gasteiger partial charge in [-0.05, 0) is 49.4 Å². The summed E-state index contributed by atoms with van der Waals surface area (Å²) in [5, 5.41) is 3.73. The van der Waals surface area contributed by atoms with E-state index in [1.807, 2.05) is 0 Å². The first-order chi connectivity index (χ1) is 9.70. The normalized spacial score (nSPS) is 21.5. The average Bonchev–Trinajstić information content (AvgIpc) is 2.92. The van der Waals surface area contributed by atoms with Crippen LogP contribution in [0.5, 0.6) is 0 Å². The summed E-state index contributed by atoms with van der Waals surface area (Å²) in [5.41, 5.74) is 1.47. The molecule has 0 aromatic heterocycles. The summed E-state index contributed by atoms with van der Waals surface area (Å²) in [6, 6.07) is 10.9. The van der Waals surface area contributed by atoms with Gasteiger partial charge in [-0.2, -0.15) is 0 Å². The van der Waals surface area contributed by atoms with Gasteiger partial charge in [0, 0.05) is 13.1 Å². The topological polar surface area (TPSA) is 15.3 Å². The predicted molar refractivity (Wildman–Crippen MR) is 87.1 cm³/mol. The molecule has 1 heterocycles. The molecule has 1 saturated heterocycles. The minimum atomic E-state index is 0.625. The van der Waals surface area contributed by atoms with Gasteiger partial charge in [0.05, 0.1) is 0 Å². The maximum Gasteiger partial charge on any atom is 0.00227 e. The monoisotopic (exact) mass is 274 g/mol. The van der Waals surface area contributed by atoms with Crippen molar-refractivity contribution < 1.29 is 0 Å². The van der Waals surface area contributed by atoms with Crippen LogP contribution in [-0.2, 0) is 0 Å². The molecule has 1 aliphatic rings. The molecule has 1 fully saturated rings. The Bertz CT molecular complexity index is 374. The highest BCUT2D eigenvalue weighted by Gasteiger charge is 2.21. The number of nitrogens with one attached hydrogen (secondary N) is 1. The summed E-state index contributed by atoms with van der Waals surface area (Å²) in [4.78, 5) is 2.56. The minimum Gasteiger partial charge on any atom is -0.316 e. The van der Waals surface area contributed by atoms with Crippen LogP contribution in [0.1, 0.15) is 38.7 Å². The van der Waals surface area contributed by atoms with E-state index in [2.05, 4.69) is 61.3 Å². The lowest BCUT2D eigenvalue weighted by Crippen LogP contribution is -2.30. The summed E-state index contributed by atoms with van der Waals surface area (Å²) in [5.74, 6) is 2.15. The number of hydrogen-bond donors (Lipinski definition) is 1. The van der Waals surface area contributed by atoms with E-state index in [0.717, 1.165) is 12.5 Å². The number of nitrogens with zero attached hydrogens (tertiary/aromatic N) is 1. The predicted octanol–water partition coefficient (Wildman–Crippen LogP) is 3.36. The van der Waals surface area contributed by atoms with E-state index in [1.54, 1.807) is 0 Å². The summed E-state index contributed by atoms with van der Waals surface area (Å²) >= 11 is 0. The quantitative estimate of drug-likeness (QED) is 0.820. The van der Waals surface area contributed by atoms with Gasteiger partial charge in [0.1, 0.15) is 0 Å². The second kappa shape index (κ2) is 7.80. The molecule has 1 aromatic rings. The number of likely N-dealkylation sites (tertiary alicyclic amines) is 1. The standard InChI is InChI=1S/C18H30N2/c1-4-20-11-10-16(14-20)12-19-13-18(15(2)3)17-8-6-5-7-9-17/h5-9,15-16,18-19H,4,10-14H2,1-3H3. The summed E-state index contributed by atoms with van der Waals surface area (Å²) < 4.78 is 0. The zero-order valence-corrected chi connectivity index (χ0v) is 13.3. The van der Waals surface area contributed by atoms with Crippen molar-refractivity contribution >= 4 is 0 Å². The Morgan fingerprint density at radius 3 is 2.60 bits per heavy atom. The van der Waals surface area contributed by atoms with Gasteiger partial charge in [-0.3, -0.25) is 0 Å². The zero-order valence-electron chi connectivity index (χ0n) is 13.3. The van der Waals surface area contributed by atoms with Crippen molar-refractivity contribution in [3.8, 4) is 0 Å². The fourth-order valence-electron chi connectivity index (χ4n) is 3.25. The molecular weight excluding hydrogens is 244 g/mol. The van der Waals surface area contributed by atoms with Crippen LogP contribution >= 0.6 is 0 Å². The van der Waals surface area contributed by atoms with Gasteiger partial charge in [0.2, 0.25) is 0 Å². The molecule has 1 aliphatic heterocycles. The highest BCUT2D eigenvalue weighted by molar-refractivity contribution is 5.20. The SMILES string of the molecule is CCN1CCC(CNCC(c2ccccc2)C(C)C)C1. The lowest BCUT2D eigenvalue weighted by atomic mass is 9.88. The molecule has 1 aromatic carbocycles. The van der Waals surface area contributed by atoms with Crippen molar-refractivity contribution in [2.75, 3.05) is 32.7 Å². The Balaban J connectivity index is 1.79. The van der Waals surface area contributed by atoms with E-state index in [1.165, 1.54) is 38.2 Å². The Morgan fingerprint density at radius 1 is 1.25 bits per heavy atom. The number of rotatable bonds is 7. The molecule has 2 rings (SSSR count). The average molecular weight is 274 g/mol. The first kappa shape index (κ1) is 15.5. The van der Waals surface area contributed by atoms with E-state index in [0.29, 0.717) is 11.8 Å². The van der Waals surface area contributed by atoms with Crippen molar-refractivity contribution in [2.45, 2.75) is 33.1 Å². The maximum atomic E-state index is 3.73. The van der Waals surface area contributed by atoms with Crippen LogP contribution in [-0.4, -0.2) is 37.6 Å². The van der Waals surface area contributed by atoms with Crippen molar-refractivity contribution in [3.05, 3.63) is 35.9 Å². The zero-order chi connectivity index (χ0) is 14.4. The van der Waals surface area contributed by atoms with Crippen LogP contribution < -0.4 is 5.32 Å². The molecule has 112 valence electrons. The molecule has 1 N–H and O–H groups in total. The second-order valence-electron chi connectivity index (χ2n) is 6.47. The van der Waals surface area contributed by atoms with Crippen LogP contribution in [0.25, 0.3) is 0 Å². The second-order valence-corrected chi connectivity index (χ2v) is 6.47. The fraction of sp³-hybridized carbons (Fsp3) is 0.667. The fourth-order valence-corrected chi connectivity index (χ4v) is 3.25. The third kappa shape index (κ3) is 4.32. The Hall–Kier alpha value is -0.860. The summed E-state index contributed by atoms with van der Waals surface area (Å²) in [7, 11) is 0. The van der Waals surface area contributed by atoms with E-state index >= 15 is 0 Å². The van der Waals surface area contributed by atoms with E-state index < -0.39 is 0 Å². The molecule has 0 bridgehead atoms. The van der Waals surface area contributed by atoms with Crippen LogP contribution in [0.15, 0.2) is 30.3 Å². The molecule has 2 unspecified atom stereocenters. The highest BCUT2D eigenvalue weighted by Crippen LogP contribution is 2.23. The van der Waals surface area contributed by atoms with E-state index in [-0.39, 0.29) is 0 Å². The van der Waals surface area contributed by atoms with Crippen LogP contribution in [0.2, 0.25) is 0 Å². The Labute approximate surface area is 124 Å². The molecule has 2 heteroatoms. The van der Waals surface area contributed by atoms with Gasteiger partial charge < -0.3 is 10.2 Å². The van der Waals surface area contributed by atoms with E-state index in [4.69, 9.17) is 0 Å². The molecule has 0 spiro atoms. The maximum absolute atomic E-state index is 3.73. The third-order valence-corrected chi connectivity index (χ3v) is 4.65. The van der Waals surface area contributed by atoms with Crippen molar-refractivity contribution in [3.63, 3.8) is 0 Å². The Kier molecular flexibility index (Phi) is 6.06. The number of benzene rings is 1. The number of hydrogen-bond acceptors (Lipinski definition) is 2. The molecule has 0 aliphatic carbocycles. The lowest BCUT2D eigenvalue weighted by Gasteiger charge is -2.23. The van der Waals surface area contributed by atoms with Gasteiger partial charge >= 0.3 is 0 Å². The van der Waals surface area contributed by atoms with Crippen molar-refractivity contribution in [1.29, 1.82) is 0 Å². The van der Waals surface area contributed by atoms with Crippen LogP contribution in [0.4, 0.5) is 0 Å². The van der Waals surface area contributed by atoms with Crippen LogP contribution in [0, 0.1) is 11.8 Å². The minimum absolute atomic E-state index is 0.625. The summed E-state index contributed by atoms with van der Waals surface area (Å²) in [6.45, 7) is 13.0. The van der Waals surface area contributed by atoms with Crippen LogP contribution in [0.3, 0.4) is 0 Å². The van der Waals surface area contributed by atoms with E-state index in [9.17, 15) is 0 Å². The van der Waals surface area contributed by atoms with Gasteiger partial charge in [-0.15, -0.1) is 0 Å². The molecule has 2 atom stereocenters. The molecule has 2 nitrogen and oxygen atoms in total. The summed E-state index contributed by atoms with van der Waals surface area (Å²) in [6.07, 6.45) is 1.36. The van der Waals surface area contributed by atoms with Gasteiger partial charge in [0.15, 0.2) is 0 Å². The first-order valence-corrected chi connectivity index (χ1v) is 8.18. The lowest BCUT2D eigenvalue weighted by molar-refractivity contribution is 0.336. The van der Waals surface area contributed by atoms with Gasteiger partial charge in [0.25, 0.3) is 0 Å². The molecule has 0 amide bonds. The van der Waals surface area contributed by atoms with Gasteiger partial charge in [-0.1, -0.05) is 51.1 Å². The molecule has 20 heavy (non-hydrogen) atoms.